The van der Waals surface area contributed by atoms with Gasteiger partial charge in [0.25, 0.3) is 0 Å². The molecule has 0 bridgehead atoms. The molecular formula is C12H16BrNO3S. The van der Waals surface area contributed by atoms with Crippen LogP contribution in [0.4, 0.5) is 0 Å². The average Bonchev–Trinajstić information content (AvgIpc) is 2.71. The standard InChI is InChI=1S/C12H16BrNO3S/c1-8(12(16)17)5-11(15)14(2)4-3-10-6-9(13)7-18-10/h6-8H,3-5H2,1-2H3,(H,16,17). The Bertz CT molecular complexity index is 433. The van der Waals surface area contributed by atoms with E-state index in [0.29, 0.717) is 6.54 Å². The third-order valence-corrected chi connectivity index (χ3v) is 4.40. The van der Waals surface area contributed by atoms with Crippen LogP contribution in [0.1, 0.15) is 18.2 Å². The number of rotatable bonds is 6. The van der Waals surface area contributed by atoms with E-state index in [-0.39, 0.29) is 12.3 Å². The predicted molar refractivity (Wildman–Crippen MR) is 74.8 cm³/mol. The number of thiophene rings is 1. The van der Waals surface area contributed by atoms with E-state index in [0.717, 1.165) is 10.9 Å². The van der Waals surface area contributed by atoms with Crippen molar-refractivity contribution in [2.24, 2.45) is 5.92 Å². The number of likely N-dealkylation sites (N-methyl/N-ethyl adjacent to an activating group) is 1. The first kappa shape index (κ1) is 15.2. The first-order chi connectivity index (χ1) is 8.40. The van der Waals surface area contributed by atoms with E-state index in [1.165, 1.54) is 4.88 Å². The Labute approximate surface area is 119 Å². The molecule has 1 unspecified atom stereocenters. The van der Waals surface area contributed by atoms with Crippen LogP contribution in [0, 0.1) is 5.92 Å². The second-order valence-corrected chi connectivity index (χ2v) is 6.15. The van der Waals surface area contributed by atoms with Gasteiger partial charge in [0.05, 0.1) is 5.92 Å². The molecule has 0 saturated carbocycles. The van der Waals surface area contributed by atoms with E-state index in [9.17, 15) is 9.59 Å². The fourth-order valence-corrected chi connectivity index (χ4v) is 2.84. The molecule has 18 heavy (non-hydrogen) atoms. The third kappa shape index (κ3) is 4.78. The lowest BCUT2D eigenvalue weighted by molar-refractivity contribution is -0.144. The van der Waals surface area contributed by atoms with Crippen molar-refractivity contribution in [3.05, 3.63) is 20.8 Å². The van der Waals surface area contributed by atoms with E-state index in [1.54, 1.807) is 30.2 Å². The lowest BCUT2D eigenvalue weighted by Gasteiger charge is -2.17. The van der Waals surface area contributed by atoms with Crippen LogP contribution in [0.15, 0.2) is 15.9 Å². The van der Waals surface area contributed by atoms with E-state index in [4.69, 9.17) is 5.11 Å². The van der Waals surface area contributed by atoms with Crippen LogP contribution in [0.5, 0.6) is 0 Å². The van der Waals surface area contributed by atoms with Crippen molar-refractivity contribution in [2.75, 3.05) is 13.6 Å². The van der Waals surface area contributed by atoms with Crippen molar-refractivity contribution >= 4 is 39.1 Å². The molecule has 1 aromatic heterocycles. The predicted octanol–water partition coefficient (Wildman–Crippen LogP) is 2.62. The van der Waals surface area contributed by atoms with Gasteiger partial charge in [0.2, 0.25) is 5.91 Å². The molecule has 0 aliphatic rings. The summed E-state index contributed by atoms with van der Waals surface area (Å²) in [5, 5.41) is 10.8. The number of hydrogen-bond acceptors (Lipinski definition) is 3. The number of amides is 1. The number of carboxylic acid groups (broad SMARTS) is 1. The zero-order valence-electron chi connectivity index (χ0n) is 10.4. The van der Waals surface area contributed by atoms with Crippen molar-refractivity contribution in [3.63, 3.8) is 0 Å². The van der Waals surface area contributed by atoms with Crippen molar-refractivity contribution in [1.29, 1.82) is 0 Å². The molecule has 1 N–H and O–H groups in total. The van der Waals surface area contributed by atoms with Crippen LogP contribution in [-0.4, -0.2) is 35.5 Å². The van der Waals surface area contributed by atoms with Gasteiger partial charge in [0.1, 0.15) is 0 Å². The zero-order chi connectivity index (χ0) is 13.7. The Hall–Kier alpha value is -0.880. The fourth-order valence-electron chi connectivity index (χ4n) is 1.39. The number of hydrogen-bond donors (Lipinski definition) is 1. The molecule has 0 fully saturated rings. The van der Waals surface area contributed by atoms with Gasteiger partial charge in [-0.1, -0.05) is 6.92 Å². The minimum absolute atomic E-state index is 0.0555. The molecular weight excluding hydrogens is 318 g/mol. The van der Waals surface area contributed by atoms with Gasteiger partial charge in [-0.05, 0) is 28.4 Å². The summed E-state index contributed by atoms with van der Waals surface area (Å²) in [5.74, 6) is -1.68. The number of carbonyl (C=O) groups excluding carboxylic acids is 1. The summed E-state index contributed by atoms with van der Waals surface area (Å²) in [7, 11) is 1.71. The smallest absolute Gasteiger partial charge is 0.306 e. The molecule has 0 aliphatic carbocycles. The van der Waals surface area contributed by atoms with E-state index >= 15 is 0 Å². The summed E-state index contributed by atoms with van der Waals surface area (Å²) in [6, 6.07) is 2.03. The van der Waals surface area contributed by atoms with Crippen molar-refractivity contribution < 1.29 is 14.7 Å². The van der Waals surface area contributed by atoms with Gasteiger partial charge in [-0.2, -0.15) is 0 Å². The highest BCUT2D eigenvalue weighted by atomic mass is 79.9. The summed E-state index contributed by atoms with van der Waals surface area (Å²) in [6.45, 7) is 2.16. The van der Waals surface area contributed by atoms with Crippen molar-refractivity contribution in [2.45, 2.75) is 19.8 Å². The summed E-state index contributed by atoms with van der Waals surface area (Å²) in [5.41, 5.74) is 0. The quantitative estimate of drug-likeness (QED) is 0.870. The van der Waals surface area contributed by atoms with E-state index < -0.39 is 11.9 Å². The lowest BCUT2D eigenvalue weighted by atomic mass is 10.1. The SMILES string of the molecule is CC(CC(=O)N(C)CCc1cc(Br)cs1)C(=O)O. The molecule has 0 spiro atoms. The molecule has 0 aliphatic heterocycles. The maximum Gasteiger partial charge on any atom is 0.306 e. The van der Waals surface area contributed by atoms with E-state index in [1.807, 2.05) is 11.4 Å². The number of halogens is 1. The third-order valence-electron chi connectivity index (χ3n) is 2.64. The highest BCUT2D eigenvalue weighted by molar-refractivity contribution is 9.10. The molecule has 1 rings (SSSR count). The Morgan fingerprint density at radius 2 is 2.22 bits per heavy atom. The Morgan fingerprint density at radius 1 is 1.56 bits per heavy atom. The summed E-state index contributed by atoms with van der Waals surface area (Å²) >= 11 is 5.02. The largest absolute Gasteiger partial charge is 0.481 e. The van der Waals surface area contributed by atoms with Crippen LogP contribution in [0.3, 0.4) is 0 Å². The highest BCUT2D eigenvalue weighted by Crippen LogP contribution is 2.20. The van der Waals surface area contributed by atoms with Gasteiger partial charge in [-0.3, -0.25) is 9.59 Å². The van der Waals surface area contributed by atoms with Gasteiger partial charge < -0.3 is 10.0 Å². The lowest BCUT2D eigenvalue weighted by Crippen LogP contribution is -2.31. The molecule has 4 nitrogen and oxygen atoms in total. The molecule has 6 heteroatoms. The maximum absolute atomic E-state index is 11.7. The van der Waals surface area contributed by atoms with Crippen LogP contribution < -0.4 is 0 Å². The average molecular weight is 334 g/mol. The van der Waals surface area contributed by atoms with E-state index in [2.05, 4.69) is 15.9 Å². The second-order valence-electron chi connectivity index (χ2n) is 4.24. The molecule has 1 amide bonds. The molecule has 0 saturated heterocycles. The summed E-state index contributed by atoms with van der Waals surface area (Å²) in [4.78, 5) is 25.2. The van der Waals surface area contributed by atoms with Crippen LogP contribution in [0.2, 0.25) is 0 Å². The summed E-state index contributed by atoms with van der Waals surface area (Å²) < 4.78 is 1.05. The number of carboxylic acids is 1. The summed E-state index contributed by atoms with van der Waals surface area (Å²) in [6.07, 6.45) is 0.847. The highest BCUT2D eigenvalue weighted by Gasteiger charge is 2.18. The monoisotopic (exact) mass is 333 g/mol. The van der Waals surface area contributed by atoms with Crippen LogP contribution >= 0.6 is 27.3 Å². The Balaban J connectivity index is 2.38. The van der Waals surface area contributed by atoms with Crippen LogP contribution in [0.25, 0.3) is 0 Å². The molecule has 1 heterocycles. The normalized spacial score (nSPS) is 12.2. The van der Waals surface area contributed by atoms with Gasteiger partial charge in [0.15, 0.2) is 0 Å². The molecule has 1 atom stereocenters. The van der Waals surface area contributed by atoms with Gasteiger partial charge in [-0.15, -0.1) is 11.3 Å². The minimum atomic E-state index is -0.932. The van der Waals surface area contributed by atoms with Gasteiger partial charge in [-0.25, -0.2) is 0 Å². The molecule has 0 radical (unpaired) electrons. The Kier molecular flexibility index (Phi) is 5.81. The number of carbonyl (C=O) groups is 2. The number of nitrogens with zero attached hydrogens (tertiary/aromatic N) is 1. The first-order valence-corrected chi connectivity index (χ1v) is 7.27. The topological polar surface area (TPSA) is 57.6 Å². The fraction of sp³-hybridized carbons (Fsp3) is 0.500. The Morgan fingerprint density at radius 3 is 2.72 bits per heavy atom. The minimum Gasteiger partial charge on any atom is -0.481 e. The zero-order valence-corrected chi connectivity index (χ0v) is 12.8. The molecule has 100 valence electrons. The maximum atomic E-state index is 11.7. The number of aliphatic carboxylic acids is 1. The van der Waals surface area contributed by atoms with Gasteiger partial charge in [0, 0.05) is 34.7 Å². The van der Waals surface area contributed by atoms with Crippen molar-refractivity contribution in [3.8, 4) is 0 Å². The second kappa shape index (κ2) is 6.89. The molecule has 0 aromatic carbocycles. The van der Waals surface area contributed by atoms with Crippen molar-refractivity contribution in [1.82, 2.24) is 4.90 Å². The first-order valence-electron chi connectivity index (χ1n) is 5.60. The van der Waals surface area contributed by atoms with Crippen LogP contribution in [-0.2, 0) is 16.0 Å². The molecule has 1 aromatic rings. The van der Waals surface area contributed by atoms with Gasteiger partial charge >= 0.3 is 5.97 Å².